The van der Waals surface area contributed by atoms with Crippen LogP contribution >= 0.6 is 0 Å². The van der Waals surface area contributed by atoms with Gasteiger partial charge in [-0.15, -0.1) is 0 Å². The zero-order valence-corrected chi connectivity index (χ0v) is 26.1. The van der Waals surface area contributed by atoms with Gasteiger partial charge < -0.3 is 0 Å². The molecule has 0 amide bonds. The summed E-state index contributed by atoms with van der Waals surface area (Å²) in [6, 6.07) is 0. The molecule has 0 aliphatic rings. The van der Waals surface area contributed by atoms with Crippen LogP contribution in [0.5, 0.6) is 0 Å². The fourth-order valence-electron chi connectivity index (χ4n) is 6.39. The first-order valence-electron chi connectivity index (χ1n) is 16.6. The topological polar surface area (TPSA) is 3.24 Å². The Hall–Kier alpha value is -0.0400. The van der Waals surface area contributed by atoms with Crippen LogP contribution in [0, 0.1) is 0 Å². The molecule has 0 radical (unpaired) electrons. The van der Waals surface area contributed by atoms with Crippen molar-refractivity contribution in [2.45, 2.75) is 214 Å². The van der Waals surface area contributed by atoms with Crippen molar-refractivity contribution >= 4 is 0 Å². The summed E-state index contributed by atoms with van der Waals surface area (Å²) in [4.78, 5) is 2.83. The maximum atomic E-state index is 2.83. The minimum atomic E-state index is 0.315. The molecule has 0 unspecified atom stereocenters. The van der Waals surface area contributed by atoms with Crippen molar-refractivity contribution in [3.63, 3.8) is 0 Å². The zero-order chi connectivity index (χ0) is 26.3. The van der Waals surface area contributed by atoms with E-state index in [4.69, 9.17) is 0 Å². The highest BCUT2D eigenvalue weighted by Crippen LogP contribution is 2.33. The molecule has 0 aromatic carbocycles. The number of hydrogen-bond donors (Lipinski definition) is 0. The molecule has 0 fully saturated rings. The number of nitrogens with zero attached hydrogens (tertiary/aromatic N) is 1. The Labute approximate surface area is 225 Å². The van der Waals surface area contributed by atoms with Gasteiger partial charge in [-0.25, -0.2) is 0 Å². The summed E-state index contributed by atoms with van der Waals surface area (Å²) in [6.45, 7) is 18.2. The second-order valence-corrected chi connectivity index (χ2v) is 12.9. The lowest BCUT2D eigenvalue weighted by Crippen LogP contribution is -2.55. The van der Waals surface area contributed by atoms with E-state index < -0.39 is 0 Å². The Morgan fingerprint density at radius 3 is 0.800 bits per heavy atom. The Bertz CT molecular complexity index is 386. The van der Waals surface area contributed by atoms with Crippen LogP contribution in [-0.4, -0.2) is 22.5 Å². The van der Waals surface area contributed by atoms with Crippen LogP contribution in [-0.2, 0) is 0 Å². The molecular weight excluding hydrogens is 422 g/mol. The molecule has 1 nitrogen and oxygen atoms in total. The predicted molar refractivity (Wildman–Crippen MR) is 163 cm³/mol. The van der Waals surface area contributed by atoms with Crippen LogP contribution in [0.1, 0.15) is 203 Å². The molecule has 0 heterocycles. The Balaban J connectivity index is 3.96. The van der Waals surface area contributed by atoms with Crippen molar-refractivity contribution in [2.24, 2.45) is 0 Å². The van der Waals surface area contributed by atoms with Gasteiger partial charge in [0.05, 0.1) is 0 Å². The molecule has 0 rings (SSSR count). The first-order valence-corrected chi connectivity index (χ1v) is 16.6. The van der Waals surface area contributed by atoms with Crippen molar-refractivity contribution in [3.8, 4) is 0 Å². The van der Waals surface area contributed by atoms with Crippen molar-refractivity contribution in [3.05, 3.63) is 0 Å². The van der Waals surface area contributed by atoms with E-state index >= 15 is 0 Å². The van der Waals surface area contributed by atoms with E-state index in [-0.39, 0.29) is 0 Å². The van der Waals surface area contributed by atoms with Crippen LogP contribution in [0.25, 0.3) is 0 Å². The quantitative estimate of drug-likeness (QED) is 0.103. The summed E-state index contributed by atoms with van der Waals surface area (Å²) < 4.78 is 0. The van der Waals surface area contributed by atoms with Crippen LogP contribution in [0.15, 0.2) is 0 Å². The Kier molecular flexibility index (Phi) is 23.1. The van der Waals surface area contributed by atoms with E-state index in [1.165, 1.54) is 161 Å². The van der Waals surface area contributed by atoms with Gasteiger partial charge in [-0.05, 0) is 47.1 Å². The van der Waals surface area contributed by atoms with E-state index in [9.17, 15) is 0 Å². The molecule has 0 bridgehead atoms. The maximum absolute atomic E-state index is 2.83. The molecule has 212 valence electrons. The number of hydrogen-bond acceptors (Lipinski definition) is 1. The summed E-state index contributed by atoms with van der Waals surface area (Å²) in [6.07, 6.45) is 34.3. The summed E-state index contributed by atoms with van der Waals surface area (Å²) in [7, 11) is 0. The van der Waals surface area contributed by atoms with Crippen LogP contribution in [0.2, 0.25) is 0 Å². The molecule has 0 aromatic heterocycles. The molecule has 0 N–H and O–H groups in total. The SMILES string of the molecule is CCCCCCCCCCCCCC(C)(C)N(CC)C(C)(C)CCCCCCCCCCCCC. The first-order chi connectivity index (χ1) is 16.8. The standard InChI is InChI=1S/C34H71N/c1-8-11-13-15-17-19-21-23-25-27-29-31-33(4,5)35(10-3)34(6,7)32-30-28-26-24-22-20-18-16-14-12-9-2/h8-32H2,1-7H3. The van der Waals surface area contributed by atoms with Crippen molar-refractivity contribution in [1.82, 2.24) is 4.90 Å². The molecule has 0 saturated carbocycles. The lowest BCUT2D eigenvalue weighted by molar-refractivity contribution is 0.00815. The van der Waals surface area contributed by atoms with Crippen LogP contribution < -0.4 is 0 Å². The fraction of sp³-hybridized carbons (Fsp3) is 1.00. The van der Waals surface area contributed by atoms with Gasteiger partial charge in [0.1, 0.15) is 0 Å². The third kappa shape index (κ3) is 19.7. The zero-order valence-electron chi connectivity index (χ0n) is 26.1. The molecule has 0 aliphatic carbocycles. The van der Waals surface area contributed by atoms with E-state index in [1.54, 1.807) is 0 Å². The second kappa shape index (κ2) is 23.1. The first kappa shape index (κ1) is 35.0. The average molecular weight is 494 g/mol. The number of rotatable bonds is 27. The van der Waals surface area contributed by atoms with Gasteiger partial charge in [0, 0.05) is 11.1 Å². The van der Waals surface area contributed by atoms with Crippen LogP contribution in [0.3, 0.4) is 0 Å². The van der Waals surface area contributed by atoms with Gasteiger partial charge >= 0.3 is 0 Å². The monoisotopic (exact) mass is 494 g/mol. The molecule has 0 atom stereocenters. The summed E-state index contributed by atoms with van der Waals surface area (Å²) in [5.74, 6) is 0. The van der Waals surface area contributed by atoms with E-state index in [2.05, 4.69) is 53.4 Å². The van der Waals surface area contributed by atoms with E-state index in [1.807, 2.05) is 0 Å². The highest BCUT2D eigenvalue weighted by atomic mass is 15.2. The fourth-order valence-corrected chi connectivity index (χ4v) is 6.39. The number of unbranched alkanes of at least 4 members (excludes halogenated alkanes) is 20. The Morgan fingerprint density at radius 1 is 0.343 bits per heavy atom. The summed E-state index contributed by atoms with van der Waals surface area (Å²) >= 11 is 0. The molecule has 1 heteroatoms. The van der Waals surface area contributed by atoms with Gasteiger partial charge in [0.25, 0.3) is 0 Å². The molecule has 0 saturated heterocycles. The third-order valence-electron chi connectivity index (χ3n) is 8.56. The van der Waals surface area contributed by atoms with Gasteiger partial charge in [-0.2, -0.15) is 0 Å². The van der Waals surface area contributed by atoms with Gasteiger partial charge in [0.15, 0.2) is 0 Å². The Morgan fingerprint density at radius 2 is 0.571 bits per heavy atom. The summed E-state index contributed by atoms with van der Waals surface area (Å²) in [5.41, 5.74) is 0.630. The largest absolute Gasteiger partial charge is 0.293 e. The average Bonchev–Trinajstić information content (AvgIpc) is 2.81. The van der Waals surface area contributed by atoms with Crippen molar-refractivity contribution in [1.29, 1.82) is 0 Å². The van der Waals surface area contributed by atoms with Crippen molar-refractivity contribution < 1.29 is 0 Å². The molecule has 35 heavy (non-hydrogen) atoms. The molecule has 0 aromatic rings. The maximum Gasteiger partial charge on any atom is 0.0158 e. The van der Waals surface area contributed by atoms with E-state index in [0.717, 1.165) is 0 Å². The highest BCUT2D eigenvalue weighted by Gasteiger charge is 2.35. The minimum Gasteiger partial charge on any atom is -0.293 e. The van der Waals surface area contributed by atoms with Gasteiger partial charge in [-0.1, -0.05) is 162 Å². The van der Waals surface area contributed by atoms with Crippen LogP contribution in [0.4, 0.5) is 0 Å². The molecule has 0 spiro atoms. The summed E-state index contributed by atoms with van der Waals surface area (Å²) in [5, 5.41) is 0. The van der Waals surface area contributed by atoms with Gasteiger partial charge in [-0.3, -0.25) is 4.90 Å². The van der Waals surface area contributed by atoms with Crippen molar-refractivity contribution in [2.75, 3.05) is 6.54 Å². The highest BCUT2D eigenvalue weighted by molar-refractivity contribution is 4.91. The lowest BCUT2D eigenvalue weighted by Gasteiger charge is -2.49. The minimum absolute atomic E-state index is 0.315. The van der Waals surface area contributed by atoms with E-state index in [0.29, 0.717) is 11.1 Å². The molecule has 0 aliphatic heterocycles. The van der Waals surface area contributed by atoms with Gasteiger partial charge in [0.2, 0.25) is 0 Å². The molecular formula is C34H71N. The predicted octanol–water partition coefficient (Wildman–Crippen LogP) is 12.3. The third-order valence-corrected chi connectivity index (χ3v) is 8.56. The normalized spacial score (nSPS) is 12.7. The second-order valence-electron chi connectivity index (χ2n) is 12.9. The lowest BCUT2D eigenvalue weighted by atomic mass is 9.85. The smallest absolute Gasteiger partial charge is 0.0158 e.